The molecule has 0 fully saturated rings. The molecule has 0 aliphatic carbocycles. The number of aryl methyl sites for hydroxylation is 1. The van der Waals surface area contributed by atoms with Crippen molar-refractivity contribution in [3.63, 3.8) is 0 Å². The molecule has 0 spiro atoms. The minimum atomic E-state index is -0.285. The number of thiophene rings is 1. The van der Waals surface area contributed by atoms with Gasteiger partial charge < -0.3 is 10.5 Å². The third-order valence-corrected chi connectivity index (χ3v) is 3.94. The van der Waals surface area contributed by atoms with Crippen LogP contribution >= 0.6 is 11.3 Å². The van der Waals surface area contributed by atoms with E-state index in [2.05, 4.69) is 13.8 Å². The number of nitrogen functional groups attached to an aromatic ring is 1. The summed E-state index contributed by atoms with van der Waals surface area (Å²) in [5.74, 6) is 0.267. The Bertz CT molecular complexity index is 398. The molecule has 96 valence electrons. The molecule has 1 aromatic heterocycles. The van der Waals surface area contributed by atoms with Crippen molar-refractivity contribution in [2.24, 2.45) is 5.92 Å². The lowest BCUT2D eigenvalue weighted by atomic mass is 9.96. The van der Waals surface area contributed by atoms with Gasteiger partial charge in [0.1, 0.15) is 5.00 Å². The summed E-state index contributed by atoms with van der Waals surface area (Å²) >= 11 is 1.48. The molecule has 0 amide bonds. The zero-order chi connectivity index (χ0) is 13.0. The van der Waals surface area contributed by atoms with E-state index in [0.717, 1.165) is 23.3 Å². The van der Waals surface area contributed by atoms with Crippen LogP contribution in [0.1, 0.15) is 48.0 Å². The van der Waals surface area contributed by atoms with Crippen molar-refractivity contribution in [3.05, 3.63) is 16.0 Å². The summed E-state index contributed by atoms with van der Waals surface area (Å²) < 4.78 is 5.07. The van der Waals surface area contributed by atoms with Crippen molar-refractivity contribution in [2.75, 3.05) is 12.3 Å². The van der Waals surface area contributed by atoms with Crippen molar-refractivity contribution in [3.8, 4) is 0 Å². The molecule has 4 heteroatoms. The lowest BCUT2D eigenvalue weighted by Crippen LogP contribution is -2.10. The van der Waals surface area contributed by atoms with Crippen molar-refractivity contribution in [2.45, 2.75) is 40.5 Å². The van der Waals surface area contributed by atoms with Gasteiger partial charge in [-0.3, -0.25) is 0 Å². The third kappa shape index (κ3) is 3.22. The van der Waals surface area contributed by atoms with E-state index in [1.54, 1.807) is 0 Å². The second-order valence-electron chi connectivity index (χ2n) is 4.31. The van der Waals surface area contributed by atoms with Crippen LogP contribution in [0.3, 0.4) is 0 Å². The normalized spacial score (nSPS) is 12.5. The monoisotopic (exact) mass is 255 g/mol. The van der Waals surface area contributed by atoms with Crippen LogP contribution in [0.2, 0.25) is 0 Å². The topological polar surface area (TPSA) is 52.3 Å². The number of hydrogen-bond donors (Lipinski definition) is 1. The molecule has 0 aliphatic rings. The zero-order valence-corrected chi connectivity index (χ0v) is 11.8. The van der Waals surface area contributed by atoms with Crippen LogP contribution in [0, 0.1) is 12.8 Å². The molecule has 1 aromatic rings. The minimum Gasteiger partial charge on any atom is -0.462 e. The van der Waals surface area contributed by atoms with Crippen LogP contribution in [0.5, 0.6) is 0 Å². The average Bonchev–Trinajstić information content (AvgIpc) is 2.54. The van der Waals surface area contributed by atoms with Gasteiger partial charge in [-0.2, -0.15) is 0 Å². The number of anilines is 1. The summed E-state index contributed by atoms with van der Waals surface area (Å²) in [6, 6.07) is 0. The molecule has 0 unspecified atom stereocenters. The average molecular weight is 255 g/mol. The molecule has 0 bridgehead atoms. The Balaban J connectivity index is 3.06. The quantitative estimate of drug-likeness (QED) is 0.820. The molecule has 3 nitrogen and oxygen atoms in total. The molecule has 0 aliphatic heterocycles. The van der Waals surface area contributed by atoms with E-state index in [-0.39, 0.29) is 5.97 Å². The van der Waals surface area contributed by atoms with Gasteiger partial charge >= 0.3 is 5.97 Å². The molecule has 0 saturated heterocycles. The maximum atomic E-state index is 11.9. The Morgan fingerprint density at radius 3 is 2.65 bits per heavy atom. The molecular formula is C13H21NO2S. The molecule has 0 saturated carbocycles. The lowest BCUT2D eigenvalue weighted by molar-refractivity contribution is 0.0526. The molecule has 17 heavy (non-hydrogen) atoms. The number of esters is 1. The van der Waals surface area contributed by atoms with E-state index in [9.17, 15) is 4.79 Å². The number of carbonyl (C=O) groups excluding carboxylic acids is 1. The molecule has 1 rings (SSSR count). The highest BCUT2D eigenvalue weighted by atomic mass is 32.1. The van der Waals surface area contributed by atoms with Crippen LogP contribution < -0.4 is 5.73 Å². The summed E-state index contributed by atoms with van der Waals surface area (Å²) in [6.45, 7) is 8.54. The van der Waals surface area contributed by atoms with Gasteiger partial charge in [0, 0.05) is 4.88 Å². The highest BCUT2D eigenvalue weighted by Crippen LogP contribution is 2.33. The van der Waals surface area contributed by atoms with Crippen LogP contribution in [-0.2, 0) is 11.2 Å². The van der Waals surface area contributed by atoms with Crippen molar-refractivity contribution in [1.82, 2.24) is 0 Å². The molecule has 0 aromatic carbocycles. The fraction of sp³-hybridized carbons (Fsp3) is 0.615. The van der Waals surface area contributed by atoms with Crippen molar-refractivity contribution in [1.29, 1.82) is 0 Å². The van der Waals surface area contributed by atoms with Gasteiger partial charge in [-0.05, 0) is 31.7 Å². The van der Waals surface area contributed by atoms with Gasteiger partial charge in [-0.25, -0.2) is 4.79 Å². The number of rotatable bonds is 5. The third-order valence-electron chi connectivity index (χ3n) is 2.97. The number of nitrogens with two attached hydrogens (primary N) is 1. The standard InChI is InChI=1S/C13H21NO2S/c1-5-8(3)7-10-9(4)17-12(14)11(10)13(15)16-6-2/h8H,5-7,14H2,1-4H3/t8-/m0/s1. The molecule has 1 heterocycles. The van der Waals surface area contributed by atoms with E-state index in [4.69, 9.17) is 10.5 Å². The number of carbonyl (C=O) groups is 1. The van der Waals surface area contributed by atoms with Crippen LogP contribution in [0.15, 0.2) is 0 Å². The first kappa shape index (κ1) is 14.0. The summed E-state index contributed by atoms with van der Waals surface area (Å²) in [5.41, 5.74) is 7.57. The predicted molar refractivity (Wildman–Crippen MR) is 72.6 cm³/mol. The highest BCUT2D eigenvalue weighted by Gasteiger charge is 2.22. The number of ether oxygens (including phenoxy) is 1. The first-order chi connectivity index (χ1) is 8.01. The zero-order valence-electron chi connectivity index (χ0n) is 11.0. The Morgan fingerprint density at radius 1 is 1.47 bits per heavy atom. The van der Waals surface area contributed by atoms with Crippen LogP contribution in [-0.4, -0.2) is 12.6 Å². The first-order valence-electron chi connectivity index (χ1n) is 6.06. The summed E-state index contributed by atoms with van der Waals surface area (Å²) in [6.07, 6.45) is 1.99. The van der Waals surface area contributed by atoms with E-state index in [1.807, 2.05) is 13.8 Å². The van der Waals surface area contributed by atoms with Crippen LogP contribution in [0.4, 0.5) is 5.00 Å². The molecule has 0 radical (unpaired) electrons. The maximum absolute atomic E-state index is 11.9. The first-order valence-corrected chi connectivity index (χ1v) is 6.87. The van der Waals surface area contributed by atoms with Gasteiger partial charge in [0.2, 0.25) is 0 Å². The summed E-state index contributed by atoms with van der Waals surface area (Å²) in [5, 5.41) is 0.583. The van der Waals surface area contributed by atoms with Gasteiger partial charge in [-0.15, -0.1) is 11.3 Å². The molecule has 1 atom stereocenters. The Morgan fingerprint density at radius 2 is 2.12 bits per heavy atom. The van der Waals surface area contributed by atoms with Crippen molar-refractivity contribution < 1.29 is 9.53 Å². The van der Waals surface area contributed by atoms with Crippen LogP contribution in [0.25, 0.3) is 0 Å². The van der Waals surface area contributed by atoms with Gasteiger partial charge in [0.15, 0.2) is 0 Å². The summed E-state index contributed by atoms with van der Waals surface area (Å²) in [4.78, 5) is 13.0. The predicted octanol–water partition coefficient (Wildman–Crippen LogP) is 3.40. The fourth-order valence-electron chi connectivity index (χ4n) is 1.77. The van der Waals surface area contributed by atoms with E-state index in [1.165, 1.54) is 11.3 Å². The smallest absolute Gasteiger partial charge is 0.341 e. The maximum Gasteiger partial charge on any atom is 0.341 e. The largest absolute Gasteiger partial charge is 0.462 e. The second kappa shape index (κ2) is 6.05. The Kier molecular flexibility index (Phi) is 5.00. The van der Waals surface area contributed by atoms with E-state index in [0.29, 0.717) is 23.1 Å². The molecular weight excluding hydrogens is 234 g/mol. The minimum absolute atomic E-state index is 0.285. The fourth-order valence-corrected chi connectivity index (χ4v) is 2.72. The summed E-state index contributed by atoms with van der Waals surface area (Å²) in [7, 11) is 0. The van der Waals surface area contributed by atoms with E-state index < -0.39 is 0 Å². The van der Waals surface area contributed by atoms with Crippen molar-refractivity contribution >= 4 is 22.3 Å². The number of hydrogen-bond acceptors (Lipinski definition) is 4. The SMILES string of the molecule is CCOC(=O)c1c(N)sc(C)c1C[C@@H](C)CC. The van der Waals surface area contributed by atoms with E-state index >= 15 is 0 Å². The van der Waals surface area contributed by atoms with Gasteiger partial charge in [0.05, 0.1) is 12.2 Å². The van der Waals surface area contributed by atoms with Gasteiger partial charge in [-0.1, -0.05) is 20.3 Å². The Hall–Kier alpha value is -1.03. The van der Waals surface area contributed by atoms with Gasteiger partial charge in [0.25, 0.3) is 0 Å². The lowest BCUT2D eigenvalue weighted by Gasteiger charge is -2.10. The second-order valence-corrected chi connectivity index (χ2v) is 5.57. The molecule has 2 N–H and O–H groups in total. The Labute approximate surface area is 107 Å². The highest BCUT2D eigenvalue weighted by molar-refractivity contribution is 7.16.